The summed E-state index contributed by atoms with van der Waals surface area (Å²) in [5, 5.41) is 8.33. The van der Waals surface area contributed by atoms with Crippen molar-refractivity contribution in [1.82, 2.24) is 4.90 Å². The van der Waals surface area contributed by atoms with E-state index in [-0.39, 0.29) is 0 Å². The molecule has 11 heavy (non-hydrogen) atoms. The Morgan fingerprint density at radius 2 is 2.36 bits per heavy atom. The summed E-state index contributed by atoms with van der Waals surface area (Å²) in [4.78, 5) is 2.17. The third-order valence-corrected chi connectivity index (χ3v) is 1.63. The van der Waals surface area contributed by atoms with Crippen molar-refractivity contribution in [2.24, 2.45) is 0 Å². The Kier molecular flexibility index (Phi) is 6.19. The summed E-state index contributed by atoms with van der Waals surface area (Å²) in [6.45, 7) is 8.45. The summed E-state index contributed by atoms with van der Waals surface area (Å²) in [5.74, 6) is 0. The molecule has 0 aliphatic rings. The highest BCUT2D eigenvalue weighted by molar-refractivity contribution is 9.11. The van der Waals surface area contributed by atoms with E-state index < -0.39 is 0 Å². The van der Waals surface area contributed by atoms with Crippen molar-refractivity contribution >= 4 is 15.9 Å². The molecule has 0 unspecified atom stereocenters. The molecule has 0 radical (unpaired) electrons. The second-order valence-electron chi connectivity index (χ2n) is 2.29. The van der Waals surface area contributed by atoms with Gasteiger partial charge in [-0.25, -0.2) is 0 Å². The van der Waals surface area contributed by atoms with E-state index in [2.05, 4.69) is 40.4 Å². The van der Waals surface area contributed by atoms with Gasteiger partial charge in [0.15, 0.2) is 0 Å². The van der Waals surface area contributed by atoms with Gasteiger partial charge in [-0.1, -0.05) is 29.4 Å². The van der Waals surface area contributed by atoms with Crippen molar-refractivity contribution in [2.75, 3.05) is 19.6 Å². The van der Waals surface area contributed by atoms with E-state index in [1.165, 1.54) is 0 Å². The molecular formula is C8H13BrN2. The summed E-state index contributed by atoms with van der Waals surface area (Å²) in [5.41, 5.74) is 0. The average molecular weight is 217 g/mol. The molecule has 0 aromatic carbocycles. The lowest BCUT2D eigenvalue weighted by Gasteiger charge is -2.17. The largest absolute Gasteiger partial charge is 0.298 e. The Hall–Kier alpha value is -0.330. The normalized spacial score (nSPS) is 9.64. The van der Waals surface area contributed by atoms with E-state index in [0.717, 1.165) is 24.1 Å². The van der Waals surface area contributed by atoms with Crippen molar-refractivity contribution in [3.8, 4) is 6.07 Å². The predicted molar refractivity (Wildman–Crippen MR) is 50.4 cm³/mol. The van der Waals surface area contributed by atoms with Gasteiger partial charge in [0.05, 0.1) is 6.07 Å². The Labute approximate surface area is 76.6 Å². The first-order valence-corrected chi connectivity index (χ1v) is 4.42. The van der Waals surface area contributed by atoms with Crippen molar-refractivity contribution < 1.29 is 0 Å². The Balaban J connectivity index is 3.59. The van der Waals surface area contributed by atoms with E-state index in [1.807, 2.05) is 0 Å². The smallest absolute Gasteiger partial charge is 0.0635 e. The van der Waals surface area contributed by atoms with E-state index >= 15 is 0 Å². The Morgan fingerprint density at radius 1 is 1.73 bits per heavy atom. The third kappa shape index (κ3) is 6.08. The highest BCUT2D eigenvalue weighted by atomic mass is 79.9. The molecule has 0 aromatic heterocycles. The minimum absolute atomic E-state index is 0.591. The molecule has 0 heterocycles. The summed E-state index contributed by atoms with van der Waals surface area (Å²) in [6, 6.07) is 2.12. The van der Waals surface area contributed by atoms with Gasteiger partial charge >= 0.3 is 0 Å². The van der Waals surface area contributed by atoms with Gasteiger partial charge in [0.2, 0.25) is 0 Å². The van der Waals surface area contributed by atoms with Crippen LogP contribution >= 0.6 is 15.9 Å². The fraction of sp³-hybridized carbons (Fsp3) is 0.625. The lowest BCUT2D eigenvalue weighted by Crippen LogP contribution is -2.25. The van der Waals surface area contributed by atoms with E-state index in [1.54, 1.807) is 0 Å². The number of halogens is 1. The summed E-state index contributed by atoms with van der Waals surface area (Å²) in [6.07, 6.45) is 0.591. The molecule has 3 heteroatoms. The minimum atomic E-state index is 0.591. The van der Waals surface area contributed by atoms with Crippen molar-refractivity contribution in [3.63, 3.8) is 0 Å². The van der Waals surface area contributed by atoms with Crippen molar-refractivity contribution in [2.45, 2.75) is 13.3 Å². The number of nitrogens with zero attached hydrogens (tertiary/aromatic N) is 2. The van der Waals surface area contributed by atoms with Crippen LogP contribution in [0.3, 0.4) is 0 Å². The zero-order valence-corrected chi connectivity index (χ0v) is 8.39. The van der Waals surface area contributed by atoms with Crippen LogP contribution in [0, 0.1) is 11.3 Å². The molecule has 0 fully saturated rings. The maximum absolute atomic E-state index is 8.33. The molecule has 62 valence electrons. The van der Waals surface area contributed by atoms with E-state index in [4.69, 9.17) is 5.26 Å². The van der Waals surface area contributed by atoms with Gasteiger partial charge in [0.25, 0.3) is 0 Å². The molecule has 0 bridgehead atoms. The van der Waals surface area contributed by atoms with E-state index in [0.29, 0.717) is 6.42 Å². The third-order valence-electron chi connectivity index (χ3n) is 1.38. The van der Waals surface area contributed by atoms with Gasteiger partial charge in [-0.3, -0.25) is 4.90 Å². The van der Waals surface area contributed by atoms with Gasteiger partial charge < -0.3 is 0 Å². The number of hydrogen-bond donors (Lipinski definition) is 0. The first-order chi connectivity index (χ1) is 5.20. The molecule has 0 aliphatic carbocycles. The number of likely N-dealkylation sites (N-methyl/N-ethyl adjacent to an activating group) is 1. The fourth-order valence-corrected chi connectivity index (χ4v) is 1.15. The predicted octanol–water partition coefficient (Wildman–Crippen LogP) is 2.13. The first kappa shape index (κ1) is 10.7. The lowest BCUT2D eigenvalue weighted by molar-refractivity contribution is 0.325. The van der Waals surface area contributed by atoms with Gasteiger partial charge in [-0.15, -0.1) is 0 Å². The SMILES string of the molecule is C=C(Br)CN(CC)CCC#N. The van der Waals surface area contributed by atoms with Crippen LogP contribution in [-0.2, 0) is 0 Å². The van der Waals surface area contributed by atoms with Gasteiger partial charge in [0, 0.05) is 24.0 Å². The standard InChI is InChI=1S/C8H13BrN2/c1-3-11(6-4-5-10)7-8(2)9/h2-4,6-7H2,1H3. The summed E-state index contributed by atoms with van der Waals surface area (Å²) < 4.78 is 0.970. The van der Waals surface area contributed by atoms with Crippen LogP contribution < -0.4 is 0 Å². The maximum atomic E-state index is 8.33. The molecule has 0 rings (SSSR count). The number of rotatable bonds is 5. The monoisotopic (exact) mass is 216 g/mol. The average Bonchev–Trinajstić information content (AvgIpc) is 1.97. The fourth-order valence-electron chi connectivity index (χ4n) is 0.800. The first-order valence-electron chi connectivity index (χ1n) is 3.63. The van der Waals surface area contributed by atoms with Gasteiger partial charge in [-0.2, -0.15) is 5.26 Å². The molecule has 0 aliphatic heterocycles. The van der Waals surface area contributed by atoms with Crippen LogP contribution in [-0.4, -0.2) is 24.5 Å². The van der Waals surface area contributed by atoms with Crippen LogP contribution in [0.5, 0.6) is 0 Å². The zero-order chi connectivity index (χ0) is 8.69. The zero-order valence-electron chi connectivity index (χ0n) is 6.81. The molecule has 0 aromatic rings. The van der Waals surface area contributed by atoms with Gasteiger partial charge in [-0.05, 0) is 6.54 Å². The molecule has 0 saturated heterocycles. The highest BCUT2D eigenvalue weighted by Crippen LogP contribution is 2.03. The molecule has 0 saturated carbocycles. The molecular weight excluding hydrogens is 204 g/mol. The Bertz CT molecular complexity index is 160. The molecule has 0 atom stereocenters. The Morgan fingerprint density at radius 3 is 2.73 bits per heavy atom. The molecule has 0 amide bonds. The topological polar surface area (TPSA) is 27.0 Å². The minimum Gasteiger partial charge on any atom is -0.298 e. The quantitative estimate of drug-likeness (QED) is 0.705. The second-order valence-corrected chi connectivity index (χ2v) is 3.42. The van der Waals surface area contributed by atoms with Crippen LogP contribution in [0.25, 0.3) is 0 Å². The highest BCUT2D eigenvalue weighted by Gasteiger charge is 2.00. The van der Waals surface area contributed by atoms with Crippen LogP contribution in [0.2, 0.25) is 0 Å². The lowest BCUT2D eigenvalue weighted by atomic mass is 10.4. The second kappa shape index (κ2) is 6.38. The van der Waals surface area contributed by atoms with Crippen LogP contribution in [0.15, 0.2) is 11.1 Å². The van der Waals surface area contributed by atoms with Gasteiger partial charge in [0.1, 0.15) is 0 Å². The van der Waals surface area contributed by atoms with Crippen molar-refractivity contribution in [1.29, 1.82) is 5.26 Å². The van der Waals surface area contributed by atoms with Crippen LogP contribution in [0.1, 0.15) is 13.3 Å². The van der Waals surface area contributed by atoms with Crippen molar-refractivity contribution in [3.05, 3.63) is 11.1 Å². The molecule has 0 N–H and O–H groups in total. The molecule has 2 nitrogen and oxygen atoms in total. The van der Waals surface area contributed by atoms with E-state index in [9.17, 15) is 0 Å². The summed E-state index contributed by atoms with van der Waals surface area (Å²) >= 11 is 3.29. The summed E-state index contributed by atoms with van der Waals surface area (Å²) in [7, 11) is 0. The number of hydrogen-bond acceptors (Lipinski definition) is 2. The van der Waals surface area contributed by atoms with Crippen LogP contribution in [0.4, 0.5) is 0 Å². The number of nitriles is 1. The maximum Gasteiger partial charge on any atom is 0.0635 e. The molecule has 0 spiro atoms.